The van der Waals surface area contributed by atoms with Gasteiger partial charge in [-0.2, -0.15) is 0 Å². The van der Waals surface area contributed by atoms with E-state index in [0.29, 0.717) is 17.7 Å². The van der Waals surface area contributed by atoms with Crippen LogP contribution in [-0.2, 0) is 6.54 Å². The maximum Gasteiger partial charge on any atom is 0.251 e. The fourth-order valence-electron chi connectivity index (χ4n) is 1.75. The molecule has 0 fully saturated rings. The highest BCUT2D eigenvalue weighted by Crippen LogP contribution is 2.12. The van der Waals surface area contributed by atoms with Gasteiger partial charge >= 0.3 is 0 Å². The summed E-state index contributed by atoms with van der Waals surface area (Å²) in [6.07, 6.45) is 0. The number of amides is 1. The fraction of sp³-hybridized carbons (Fsp3) is 0.0667. The van der Waals surface area contributed by atoms with E-state index in [-0.39, 0.29) is 10.9 Å². The van der Waals surface area contributed by atoms with Gasteiger partial charge in [0.2, 0.25) is 0 Å². The molecule has 0 saturated carbocycles. The van der Waals surface area contributed by atoms with Crippen LogP contribution >= 0.6 is 28.1 Å². The number of carbonyl (C=O) groups excluding carboxylic acids is 1. The van der Waals surface area contributed by atoms with Crippen LogP contribution in [0.5, 0.6) is 0 Å². The van der Waals surface area contributed by atoms with Crippen molar-refractivity contribution in [2.75, 3.05) is 0 Å². The molecule has 2 aromatic carbocycles. The quantitative estimate of drug-likeness (QED) is 0.835. The van der Waals surface area contributed by atoms with Crippen molar-refractivity contribution in [3.63, 3.8) is 0 Å². The fourth-order valence-corrected chi connectivity index (χ4v) is 2.32. The van der Waals surface area contributed by atoms with Crippen molar-refractivity contribution >= 4 is 39.0 Å². The number of hydrogen-bond donors (Lipinski definition) is 2. The predicted molar refractivity (Wildman–Crippen MR) is 87.6 cm³/mol. The van der Waals surface area contributed by atoms with E-state index in [2.05, 4.69) is 21.2 Å². The molecule has 3 nitrogen and oxygen atoms in total. The molecule has 0 bridgehead atoms. The summed E-state index contributed by atoms with van der Waals surface area (Å²) in [7, 11) is 0. The van der Waals surface area contributed by atoms with Crippen LogP contribution in [0.1, 0.15) is 21.5 Å². The summed E-state index contributed by atoms with van der Waals surface area (Å²) in [5, 5.41) is 2.86. The molecular weight excluding hydrogens is 336 g/mol. The first-order chi connectivity index (χ1) is 9.56. The molecule has 0 heterocycles. The average molecular weight is 349 g/mol. The molecular formula is C15H13BrN2OS. The number of rotatable bonds is 4. The van der Waals surface area contributed by atoms with Crippen molar-refractivity contribution in [1.29, 1.82) is 0 Å². The van der Waals surface area contributed by atoms with Gasteiger partial charge in [0.1, 0.15) is 4.99 Å². The second-order valence-electron chi connectivity index (χ2n) is 4.26. The van der Waals surface area contributed by atoms with Crippen LogP contribution in [0.4, 0.5) is 0 Å². The smallest absolute Gasteiger partial charge is 0.251 e. The Kier molecular flexibility index (Phi) is 4.87. The van der Waals surface area contributed by atoms with Crippen LogP contribution in [-0.4, -0.2) is 10.9 Å². The molecule has 0 spiro atoms. The van der Waals surface area contributed by atoms with E-state index >= 15 is 0 Å². The van der Waals surface area contributed by atoms with Gasteiger partial charge in [-0.15, -0.1) is 0 Å². The minimum Gasteiger partial charge on any atom is -0.389 e. The molecule has 0 saturated heterocycles. The highest BCUT2D eigenvalue weighted by Gasteiger charge is 2.07. The average Bonchev–Trinajstić information content (AvgIpc) is 2.45. The van der Waals surface area contributed by atoms with E-state index < -0.39 is 0 Å². The molecule has 0 aromatic heterocycles. The number of halogens is 1. The Morgan fingerprint density at radius 2 is 1.85 bits per heavy atom. The van der Waals surface area contributed by atoms with Crippen molar-refractivity contribution < 1.29 is 4.79 Å². The number of nitrogens with one attached hydrogen (secondary N) is 1. The van der Waals surface area contributed by atoms with E-state index in [1.54, 1.807) is 24.3 Å². The first-order valence-electron chi connectivity index (χ1n) is 5.99. The number of carbonyl (C=O) groups is 1. The highest BCUT2D eigenvalue weighted by atomic mass is 79.9. The molecule has 1 amide bonds. The summed E-state index contributed by atoms with van der Waals surface area (Å²) in [6, 6.07) is 14.8. The Balaban J connectivity index is 2.05. The van der Waals surface area contributed by atoms with Crippen molar-refractivity contribution in [2.45, 2.75) is 6.54 Å². The lowest BCUT2D eigenvalue weighted by molar-refractivity contribution is 0.0951. The lowest BCUT2D eigenvalue weighted by Gasteiger charge is -2.07. The Bertz CT molecular complexity index is 658. The van der Waals surface area contributed by atoms with Crippen LogP contribution in [0, 0.1) is 0 Å². The standard InChI is InChI=1S/C15H13BrN2OS/c16-13-6-1-3-10(7-13)9-18-15(19)12-5-2-4-11(8-12)14(17)20/h1-8H,9H2,(H2,17,20)(H,18,19). The Morgan fingerprint density at radius 1 is 1.15 bits per heavy atom. The first kappa shape index (κ1) is 14.7. The lowest BCUT2D eigenvalue weighted by Crippen LogP contribution is -2.23. The largest absolute Gasteiger partial charge is 0.389 e. The van der Waals surface area contributed by atoms with Crippen molar-refractivity contribution in [2.24, 2.45) is 5.73 Å². The van der Waals surface area contributed by atoms with Crippen LogP contribution < -0.4 is 11.1 Å². The number of thiocarbonyl (C=S) groups is 1. The molecule has 0 aliphatic carbocycles. The van der Waals surface area contributed by atoms with Crippen molar-refractivity contribution in [3.8, 4) is 0 Å². The molecule has 0 radical (unpaired) electrons. The third-order valence-corrected chi connectivity index (χ3v) is 3.48. The van der Waals surface area contributed by atoms with E-state index in [1.165, 1.54) is 0 Å². The summed E-state index contributed by atoms with van der Waals surface area (Å²) in [5.41, 5.74) is 7.82. The zero-order valence-electron chi connectivity index (χ0n) is 10.6. The van der Waals surface area contributed by atoms with Crippen LogP contribution in [0.2, 0.25) is 0 Å². The second kappa shape index (κ2) is 6.63. The molecule has 2 aromatic rings. The maximum absolute atomic E-state index is 12.1. The van der Waals surface area contributed by atoms with Gasteiger partial charge in [0.25, 0.3) is 5.91 Å². The normalized spacial score (nSPS) is 10.1. The van der Waals surface area contributed by atoms with Gasteiger partial charge in [-0.05, 0) is 29.8 Å². The SMILES string of the molecule is NC(=S)c1cccc(C(=O)NCc2cccc(Br)c2)c1. The minimum absolute atomic E-state index is 0.150. The Morgan fingerprint density at radius 3 is 2.55 bits per heavy atom. The molecule has 5 heteroatoms. The summed E-state index contributed by atoms with van der Waals surface area (Å²) >= 11 is 8.30. The molecule has 20 heavy (non-hydrogen) atoms. The summed E-state index contributed by atoms with van der Waals surface area (Å²) in [6.45, 7) is 0.468. The van der Waals surface area contributed by atoms with Crippen LogP contribution in [0.15, 0.2) is 53.0 Å². The molecule has 3 N–H and O–H groups in total. The number of benzene rings is 2. The maximum atomic E-state index is 12.1. The zero-order valence-corrected chi connectivity index (χ0v) is 13.0. The second-order valence-corrected chi connectivity index (χ2v) is 5.61. The third kappa shape index (κ3) is 3.88. The zero-order chi connectivity index (χ0) is 14.5. The molecule has 0 unspecified atom stereocenters. The molecule has 0 atom stereocenters. The van der Waals surface area contributed by atoms with E-state index in [1.807, 2.05) is 24.3 Å². The Labute approximate surface area is 131 Å². The van der Waals surface area contributed by atoms with E-state index in [4.69, 9.17) is 18.0 Å². The first-order valence-corrected chi connectivity index (χ1v) is 7.19. The topological polar surface area (TPSA) is 55.1 Å². The third-order valence-electron chi connectivity index (χ3n) is 2.75. The van der Waals surface area contributed by atoms with Crippen LogP contribution in [0.25, 0.3) is 0 Å². The van der Waals surface area contributed by atoms with Crippen molar-refractivity contribution in [1.82, 2.24) is 5.32 Å². The van der Waals surface area contributed by atoms with E-state index in [0.717, 1.165) is 10.0 Å². The monoisotopic (exact) mass is 348 g/mol. The van der Waals surface area contributed by atoms with Gasteiger partial charge in [-0.1, -0.05) is 52.4 Å². The van der Waals surface area contributed by atoms with E-state index in [9.17, 15) is 4.79 Å². The summed E-state index contributed by atoms with van der Waals surface area (Å²) in [5.74, 6) is -0.150. The van der Waals surface area contributed by atoms with Gasteiger partial charge in [0, 0.05) is 22.1 Å². The molecule has 102 valence electrons. The molecule has 0 aliphatic heterocycles. The van der Waals surface area contributed by atoms with Gasteiger partial charge in [-0.3, -0.25) is 4.79 Å². The van der Waals surface area contributed by atoms with Crippen LogP contribution in [0.3, 0.4) is 0 Å². The number of hydrogen-bond acceptors (Lipinski definition) is 2. The van der Waals surface area contributed by atoms with Crippen molar-refractivity contribution in [3.05, 3.63) is 69.7 Å². The Hall–Kier alpha value is -1.72. The molecule has 0 aliphatic rings. The van der Waals surface area contributed by atoms with Gasteiger partial charge in [0.15, 0.2) is 0 Å². The lowest BCUT2D eigenvalue weighted by atomic mass is 10.1. The highest BCUT2D eigenvalue weighted by molar-refractivity contribution is 9.10. The predicted octanol–water partition coefficient (Wildman–Crippen LogP) is 3.01. The minimum atomic E-state index is -0.150. The van der Waals surface area contributed by atoms with Gasteiger partial charge < -0.3 is 11.1 Å². The summed E-state index contributed by atoms with van der Waals surface area (Å²) < 4.78 is 0.986. The summed E-state index contributed by atoms with van der Waals surface area (Å²) in [4.78, 5) is 12.4. The molecule has 2 rings (SSSR count). The van der Waals surface area contributed by atoms with Gasteiger partial charge in [0.05, 0.1) is 0 Å². The number of nitrogens with two attached hydrogens (primary N) is 1. The van der Waals surface area contributed by atoms with Gasteiger partial charge in [-0.25, -0.2) is 0 Å².